The standard InChI is InChI=1S/C29H36N8O10S2/c1-28(2)23(25(39)37(28)47-49(42,43)44)33-24(38)22(19-15-48-27(31)32-19)34-46-29(3,26(40)41)21-9-7-17-12-16(6-8-20(17)45-21)18-13-35(4)36(14-18)11-5-10-30/h6,8,12-15,21,23H,5,7,9-11,30H2,1-4H3,(H4-,31,32,33,38,40,41,42,43,44)/b34-22-/t21-,23+,29?/m0/s1. The molecule has 0 aliphatic carbocycles. The molecule has 1 aromatic carbocycles. The molecule has 4 heterocycles. The molecule has 18 nitrogen and oxygen atoms in total. The minimum absolute atomic E-state index is 0.0595. The van der Waals surface area contributed by atoms with Gasteiger partial charge in [0.05, 0.1) is 23.8 Å². The number of benzene rings is 1. The summed E-state index contributed by atoms with van der Waals surface area (Å²) in [5, 5.41) is 18.4. The van der Waals surface area contributed by atoms with Crippen LogP contribution in [0.2, 0.25) is 0 Å². The summed E-state index contributed by atoms with van der Waals surface area (Å²) in [6.07, 6.45) is 4.52. The lowest BCUT2D eigenvalue weighted by atomic mass is 9.84. The SMILES string of the molecule is C[n+]1cc(-c2ccc3c(c2)CC[C@@H](C(C)(O/N=C(\C(=O)N[C@@H]2C(=O)N(OS(=O)(=O)[O-])C2(C)C)c2csc(N)n2)C(=O)O)O3)cn1CCCN. The molecule has 1 fully saturated rings. The average Bonchev–Trinajstić information content (AvgIpc) is 3.64. The van der Waals surface area contributed by atoms with Crippen molar-refractivity contribution >= 4 is 50.4 Å². The summed E-state index contributed by atoms with van der Waals surface area (Å²) < 4.78 is 47.6. The lowest BCUT2D eigenvalue weighted by Gasteiger charge is -2.51. The second kappa shape index (κ2) is 13.3. The topological polar surface area (TPSA) is 258 Å². The molecule has 2 aliphatic heterocycles. The number of hydroxylamine groups is 2. The molecule has 1 unspecified atom stereocenters. The zero-order valence-electron chi connectivity index (χ0n) is 27.0. The fourth-order valence-corrected chi connectivity index (χ4v) is 6.53. The first-order valence-electron chi connectivity index (χ1n) is 15.0. The predicted octanol–water partition coefficient (Wildman–Crippen LogP) is -0.178. The van der Waals surface area contributed by atoms with Gasteiger partial charge in [0.2, 0.25) is 16.6 Å². The predicted molar refractivity (Wildman–Crippen MR) is 171 cm³/mol. The molecule has 0 saturated carbocycles. The van der Waals surface area contributed by atoms with E-state index >= 15 is 0 Å². The van der Waals surface area contributed by atoms with Gasteiger partial charge in [-0.1, -0.05) is 11.2 Å². The Hall–Kier alpha value is -4.63. The first-order valence-corrected chi connectivity index (χ1v) is 17.2. The van der Waals surface area contributed by atoms with Crippen LogP contribution >= 0.6 is 11.3 Å². The van der Waals surface area contributed by atoms with Gasteiger partial charge in [0, 0.05) is 5.38 Å². The number of thiazole rings is 1. The molecule has 6 N–H and O–H groups in total. The van der Waals surface area contributed by atoms with E-state index in [1.807, 2.05) is 36.3 Å². The van der Waals surface area contributed by atoms with Crippen molar-refractivity contribution in [2.45, 2.75) is 69.9 Å². The first-order chi connectivity index (χ1) is 22.9. The van der Waals surface area contributed by atoms with Crippen molar-refractivity contribution in [2.75, 3.05) is 12.3 Å². The van der Waals surface area contributed by atoms with Crippen LogP contribution in [0.5, 0.6) is 5.75 Å². The molecule has 49 heavy (non-hydrogen) atoms. The Labute approximate surface area is 285 Å². The summed E-state index contributed by atoms with van der Waals surface area (Å²) in [4.78, 5) is 48.4. The quantitative estimate of drug-likeness (QED) is 0.0447. The fourth-order valence-electron chi connectivity index (χ4n) is 5.53. The molecule has 1 saturated heterocycles. The highest BCUT2D eigenvalue weighted by molar-refractivity contribution is 7.80. The number of aliphatic carboxylic acids is 1. The maximum Gasteiger partial charge on any atom is 0.354 e. The number of ether oxygens (including phenoxy) is 1. The maximum atomic E-state index is 13.5. The van der Waals surface area contributed by atoms with Crippen molar-refractivity contribution in [3.8, 4) is 16.9 Å². The summed E-state index contributed by atoms with van der Waals surface area (Å²) in [5.74, 6) is -3.01. The number of β-lactam (4-membered cyclic amide) rings is 1. The smallest absolute Gasteiger partial charge is 0.354 e. The number of amides is 2. The number of carbonyl (C=O) groups is 3. The molecule has 5 rings (SSSR count). The third kappa shape index (κ3) is 7.22. The molecule has 0 radical (unpaired) electrons. The van der Waals surface area contributed by atoms with Gasteiger partial charge in [0.1, 0.15) is 17.5 Å². The summed E-state index contributed by atoms with van der Waals surface area (Å²) in [6, 6.07) is 4.27. The molecular weight excluding hydrogens is 684 g/mol. The van der Waals surface area contributed by atoms with Gasteiger partial charge in [0.15, 0.2) is 24.0 Å². The number of rotatable bonds is 13. The van der Waals surface area contributed by atoms with Crippen molar-refractivity contribution in [1.29, 1.82) is 0 Å². The molecule has 2 amide bonds. The minimum atomic E-state index is -5.27. The maximum absolute atomic E-state index is 13.5. The Kier molecular flexibility index (Phi) is 9.72. The number of nitrogens with two attached hydrogens (primary N) is 2. The van der Waals surface area contributed by atoms with Crippen LogP contribution in [0.15, 0.2) is 41.1 Å². The number of oxime groups is 1. The Bertz CT molecular complexity index is 1920. The van der Waals surface area contributed by atoms with Crippen molar-refractivity contribution < 1.29 is 51.0 Å². The fraction of sp³-hybridized carbons (Fsp3) is 0.448. The lowest BCUT2D eigenvalue weighted by Crippen LogP contribution is -2.76. The van der Waals surface area contributed by atoms with Gasteiger partial charge in [-0.25, -0.2) is 18.2 Å². The summed E-state index contributed by atoms with van der Waals surface area (Å²) in [5.41, 5.74) is 10.1. The van der Waals surface area contributed by atoms with Gasteiger partial charge in [-0.2, -0.15) is 14.0 Å². The van der Waals surface area contributed by atoms with E-state index in [-0.39, 0.29) is 17.2 Å². The van der Waals surface area contributed by atoms with E-state index < -0.39 is 57.2 Å². The van der Waals surface area contributed by atoms with E-state index in [4.69, 9.17) is 21.0 Å². The van der Waals surface area contributed by atoms with Gasteiger partial charge in [0.25, 0.3) is 17.4 Å². The Balaban J connectivity index is 1.36. The van der Waals surface area contributed by atoms with Crippen molar-refractivity contribution in [3.63, 3.8) is 0 Å². The number of hydrogen-bond donors (Lipinski definition) is 4. The van der Waals surface area contributed by atoms with Crippen LogP contribution in [0.1, 0.15) is 44.9 Å². The molecule has 20 heteroatoms. The number of carboxylic acids is 1. The molecule has 264 valence electrons. The zero-order valence-corrected chi connectivity index (χ0v) is 28.6. The number of carbonyl (C=O) groups excluding carboxylic acids is 2. The number of anilines is 1. The number of nitrogens with one attached hydrogen (secondary N) is 1. The summed E-state index contributed by atoms with van der Waals surface area (Å²) >= 11 is 0.966. The number of hydrogen-bond acceptors (Lipinski definition) is 14. The average molecular weight is 721 g/mol. The van der Waals surface area contributed by atoms with Crippen molar-refractivity contribution in [1.82, 2.24) is 20.0 Å². The molecule has 2 aliphatic rings. The van der Waals surface area contributed by atoms with E-state index in [9.17, 15) is 32.5 Å². The van der Waals surface area contributed by atoms with Crippen LogP contribution in [0, 0.1) is 0 Å². The van der Waals surface area contributed by atoms with Gasteiger partial charge in [-0.15, -0.1) is 16.0 Å². The zero-order chi connectivity index (χ0) is 35.9. The van der Waals surface area contributed by atoms with E-state index in [0.717, 1.165) is 41.0 Å². The highest BCUT2D eigenvalue weighted by Crippen LogP contribution is 2.37. The lowest BCUT2D eigenvalue weighted by molar-refractivity contribution is -0.753. The van der Waals surface area contributed by atoms with Gasteiger partial charge in [-0.05, 0) is 69.8 Å². The monoisotopic (exact) mass is 720 g/mol. The number of aryl methyl sites for hydroxylation is 3. The molecule has 0 bridgehead atoms. The van der Waals surface area contributed by atoms with E-state index in [1.54, 1.807) is 6.07 Å². The normalized spacial score (nSPS) is 20.1. The third-order valence-electron chi connectivity index (χ3n) is 8.41. The minimum Gasteiger partial charge on any atom is -0.724 e. The van der Waals surface area contributed by atoms with Crippen molar-refractivity contribution in [2.24, 2.45) is 17.9 Å². The Morgan fingerprint density at radius 3 is 2.69 bits per heavy atom. The highest BCUT2D eigenvalue weighted by atomic mass is 32.3. The molecule has 3 aromatic rings. The second-order valence-electron chi connectivity index (χ2n) is 12.3. The van der Waals surface area contributed by atoms with E-state index in [0.29, 0.717) is 23.8 Å². The second-order valence-corrected chi connectivity index (χ2v) is 14.1. The summed E-state index contributed by atoms with van der Waals surface area (Å²) in [6.45, 7) is 5.31. The molecular formula is C29H36N8O10S2. The largest absolute Gasteiger partial charge is 0.724 e. The first kappa shape index (κ1) is 35.7. The summed E-state index contributed by atoms with van der Waals surface area (Å²) in [7, 11) is -3.33. The number of carboxylic acid groups (broad SMARTS) is 1. The number of nitrogen functional groups attached to an aromatic ring is 1. The van der Waals surface area contributed by atoms with Crippen LogP contribution in [0.4, 0.5) is 5.13 Å². The van der Waals surface area contributed by atoms with Crippen molar-refractivity contribution in [3.05, 3.63) is 47.2 Å². The molecule has 0 spiro atoms. The van der Waals surface area contributed by atoms with Gasteiger partial charge in [-0.3, -0.25) is 9.59 Å². The van der Waals surface area contributed by atoms with Crippen LogP contribution < -0.4 is 26.2 Å². The highest BCUT2D eigenvalue weighted by Gasteiger charge is 2.57. The Morgan fingerprint density at radius 1 is 1.35 bits per heavy atom. The van der Waals surface area contributed by atoms with Crippen LogP contribution in [0.3, 0.4) is 0 Å². The number of aromatic nitrogens is 3. The number of fused-ring (bicyclic) bond motifs is 1. The Morgan fingerprint density at radius 2 is 2.08 bits per heavy atom. The van der Waals surface area contributed by atoms with Crippen LogP contribution in [-0.2, 0) is 53.9 Å². The van der Waals surface area contributed by atoms with Gasteiger partial charge < -0.3 is 36.0 Å². The van der Waals surface area contributed by atoms with Gasteiger partial charge >= 0.3 is 5.97 Å². The number of nitrogens with zero attached hydrogens (tertiary/aromatic N) is 5. The van der Waals surface area contributed by atoms with Crippen LogP contribution in [-0.4, -0.2) is 86.1 Å². The molecule has 2 aromatic heterocycles. The molecule has 3 atom stereocenters. The third-order valence-corrected chi connectivity index (χ3v) is 9.42. The van der Waals surface area contributed by atoms with E-state index in [1.165, 1.54) is 26.2 Å². The van der Waals surface area contributed by atoms with E-state index in [2.05, 4.69) is 24.4 Å². The van der Waals surface area contributed by atoms with Crippen LogP contribution in [0.25, 0.3) is 11.1 Å².